The van der Waals surface area contributed by atoms with E-state index in [0.29, 0.717) is 33.7 Å². The van der Waals surface area contributed by atoms with Crippen LogP contribution < -0.4 is 0 Å². The van der Waals surface area contributed by atoms with E-state index in [1.54, 1.807) is 0 Å². The van der Waals surface area contributed by atoms with E-state index in [0.717, 1.165) is 66.9 Å². The van der Waals surface area contributed by atoms with Crippen molar-refractivity contribution >= 4 is 11.0 Å². The lowest BCUT2D eigenvalue weighted by Crippen LogP contribution is -2.16. The van der Waals surface area contributed by atoms with Gasteiger partial charge in [-0.25, -0.2) is 4.98 Å². The average Bonchev–Trinajstić information content (AvgIpc) is 3.71. The molecule has 0 spiro atoms. The van der Waals surface area contributed by atoms with E-state index in [9.17, 15) is 5.11 Å². The maximum Gasteiger partial charge on any atom is 0.149 e. The Labute approximate surface area is 397 Å². The van der Waals surface area contributed by atoms with Crippen molar-refractivity contribution in [2.75, 3.05) is 0 Å². The van der Waals surface area contributed by atoms with Crippen LogP contribution in [-0.4, -0.2) is 19.6 Å². The fourth-order valence-electron chi connectivity index (χ4n) is 8.95. The van der Waals surface area contributed by atoms with Crippen molar-refractivity contribution in [3.05, 3.63) is 191 Å². The molecular formula is C62H61N3O. The molecule has 330 valence electrons. The van der Waals surface area contributed by atoms with Gasteiger partial charge in [0.25, 0.3) is 0 Å². The summed E-state index contributed by atoms with van der Waals surface area (Å²) >= 11 is 0. The molecule has 1 N–H and O–H groups in total. The number of aryl methyl sites for hydroxylation is 3. The largest absolute Gasteiger partial charge is 0.507 e. The van der Waals surface area contributed by atoms with E-state index in [-0.39, 0.29) is 22.1 Å². The Morgan fingerprint density at radius 1 is 0.561 bits per heavy atom. The Balaban J connectivity index is 1.28. The number of pyridine rings is 1. The van der Waals surface area contributed by atoms with Crippen LogP contribution in [0.4, 0.5) is 0 Å². The van der Waals surface area contributed by atoms with Crippen LogP contribution in [-0.2, 0) is 10.8 Å². The number of benzene rings is 7. The van der Waals surface area contributed by atoms with Crippen LogP contribution in [0, 0.1) is 20.7 Å². The number of hydrogen-bond acceptors (Lipinski definition) is 3. The Hall–Kier alpha value is -7.04. The summed E-state index contributed by atoms with van der Waals surface area (Å²) in [5.74, 6) is -0.182. The monoisotopic (exact) mass is 868 g/mol. The topological polar surface area (TPSA) is 50.9 Å². The number of hydrogen-bond donors (Lipinski definition) is 1. The highest BCUT2D eigenvalue weighted by atomic mass is 16.3. The van der Waals surface area contributed by atoms with Crippen molar-refractivity contribution in [2.24, 2.45) is 0 Å². The molecule has 0 aliphatic carbocycles. The van der Waals surface area contributed by atoms with Crippen LogP contribution >= 0.6 is 0 Å². The van der Waals surface area contributed by atoms with Crippen molar-refractivity contribution in [1.82, 2.24) is 14.5 Å². The van der Waals surface area contributed by atoms with E-state index in [1.165, 1.54) is 11.1 Å². The number of para-hydroxylation sites is 1. The smallest absolute Gasteiger partial charge is 0.149 e. The summed E-state index contributed by atoms with van der Waals surface area (Å²) in [4.78, 5) is 10.3. The molecule has 2 heterocycles. The van der Waals surface area contributed by atoms with Crippen LogP contribution in [0.2, 0.25) is 0 Å². The second kappa shape index (κ2) is 17.1. The third kappa shape index (κ3) is 8.61. The number of fused-ring (bicyclic) bond motifs is 1. The first-order valence-electron chi connectivity index (χ1n) is 24.9. The maximum atomic E-state index is 11.9. The SMILES string of the molecule is [2H]C([2H])([2H])c1cc(-c2cc(C(C)(C)C)cc(C(C)(C)C)c2)ccc1-n1c(-c2cc(C)cc(C)c2O)nc2c(-c3cc(-c4ccccc4)cc(-c4cc(-c5ccc(C([2H])(C)C)cc5)ccn4)c3)cccc21. The highest BCUT2D eigenvalue weighted by Gasteiger charge is 2.24. The molecule has 0 radical (unpaired) electrons. The summed E-state index contributed by atoms with van der Waals surface area (Å²) < 4.78 is 37.7. The lowest BCUT2D eigenvalue weighted by molar-refractivity contribution is 0.472. The summed E-state index contributed by atoms with van der Waals surface area (Å²) in [7, 11) is 0. The molecule has 4 heteroatoms. The summed E-state index contributed by atoms with van der Waals surface area (Å²) in [5, 5.41) is 11.9. The van der Waals surface area contributed by atoms with E-state index in [2.05, 4.69) is 114 Å². The predicted octanol–water partition coefficient (Wildman–Crippen LogP) is 16.8. The van der Waals surface area contributed by atoms with Crippen molar-refractivity contribution in [3.8, 4) is 78.6 Å². The van der Waals surface area contributed by atoms with Gasteiger partial charge in [0.2, 0.25) is 0 Å². The first kappa shape index (κ1) is 39.3. The number of phenolic OH excluding ortho intramolecular Hbond substituents is 1. The zero-order valence-electron chi connectivity index (χ0n) is 43.8. The molecule has 0 saturated carbocycles. The number of aromatic nitrogens is 3. The lowest BCUT2D eigenvalue weighted by Gasteiger charge is -2.26. The molecule has 9 aromatic rings. The summed E-state index contributed by atoms with van der Waals surface area (Å²) in [5.41, 5.74) is 16.5. The zero-order chi connectivity index (χ0) is 50.1. The minimum absolute atomic E-state index is 0.0850. The van der Waals surface area contributed by atoms with E-state index >= 15 is 0 Å². The van der Waals surface area contributed by atoms with Gasteiger partial charge in [-0.2, -0.15) is 0 Å². The van der Waals surface area contributed by atoms with Crippen LogP contribution in [0.3, 0.4) is 0 Å². The molecule has 2 aromatic heterocycles. The Morgan fingerprint density at radius 3 is 1.88 bits per heavy atom. The molecule has 0 saturated heterocycles. The summed E-state index contributed by atoms with van der Waals surface area (Å²) in [6, 6.07) is 51.3. The van der Waals surface area contributed by atoms with Crippen LogP contribution in [0.5, 0.6) is 5.75 Å². The molecule has 4 nitrogen and oxygen atoms in total. The standard InChI is InChI=1S/C62H61N3O/c1-38(2)42-20-22-44(23-21-42)46-26-27-63-55(36-46)50-32-47(43-16-13-12-14-17-43)31-49(33-50)53-18-15-19-57-58(53)64-60(54-29-39(3)28-41(5)59(54)66)65(57)56-25-24-45(30-40(56)4)48-34-51(61(6,7)8)37-52(35-48)62(9,10)11/h12-38,66H,1-11H3/i4D3,38D. The number of aromatic hydroxyl groups is 1. The number of phenols is 1. The second-order valence-corrected chi connectivity index (χ2v) is 20.1. The fourth-order valence-corrected chi connectivity index (χ4v) is 8.95. The van der Waals surface area contributed by atoms with Gasteiger partial charge >= 0.3 is 0 Å². The van der Waals surface area contributed by atoms with Crippen LogP contribution in [0.1, 0.15) is 100 Å². The van der Waals surface area contributed by atoms with Gasteiger partial charge in [0.05, 0.1) is 28.0 Å². The molecule has 0 atom stereocenters. The molecule has 0 fully saturated rings. The quantitative estimate of drug-likeness (QED) is 0.166. The lowest BCUT2D eigenvalue weighted by atomic mass is 9.79. The zero-order valence-corrected chi connectivity index (χ0v) is 39.8. The normalized spacial score (nSPS) is 13.3. The molecule has 0 amide bonds. The molecule has 0 unspecified atom stereocenters. The third-order valence-corrected chi connectivity index (χ3v) is 12.8. The van der Waals surface area contributed by atoms with Gasteiger partial charge in [-0.15, -0.1) is 0 Å². The van der Waals surface area contributed by atoms with E-state index in [4.69, 9.17) is 15.5 Å². The molecule has 9 rings (SSSR count). The second-order valence-electron chi connectivity index (χ2n) is 20.1. The molecule has 66 heavy (non-hydrogen) atoms. The molecule has 0 aliphatic rings. The van der Waals surface area contributed by atoms with Gasteiger partial charge in [0, 0.05) is 22.8 Å². The molecule has 0 bridgehead atoms. The number of rotatable bonds is 8. The summed E-state index contributed by atoms with van der Waals surface area (Å²) in [6.45, 7) is 18.3. The molecular weight excluding hydrogens is 803 g/mol. The average molecular weight is 868 g/mol. The minimum atomic E-state index is -2.52. The third-order valence-electron chi connectivity index (χ3n) is 12.8. The van der Waals surface area contributed by atoms with Crippen LogP contribution in [0.15, 0.2) is 158 Å². The maximum absolute atomic E-state index is 11.9. The Kier molecular flexibility index (Phi) is 10.2. The summed E-state index contributed by atoms with van der Waals surface area (Å²) in [6.07, 6.45) is 1.84. The van der Waals surface area contributed by atoms with Crippen molar-refractivity contribution in [2.45, 2.75) is 92.8 Å². The van der Waals surface area contributed by atoms with E-state index in [1.807, 2.05) is 117 Å². The van der Waals surface area contributed by atoms with Crippen molar-refractivity contribution < 1.29 is 10.6 Å². The van der Waals surface area contributed by atoms with Crippen LogP contribution in [0.25, 0.3) is 83.9 Å². The van der Waals surface area contributed by atoms with Gasteiger partial charge in [-0.05, 0) is 164 Å². The fraction of sp³-hybridized carbons (Fsp3) is 0.226. The van der Waals surface area contributed by atoms with Gasteiger partial charge in [0.1, 0.15) is 11.6 Å². The number of imidazole rings is 1. The predicted molar refractivity (Wildman–Crippen MR) is 279 cm³/mol. The molecule has 7 aromatic carbocycles. The van der Waals surface area contributed by atoms with Crippen molar-refractivity contribution in [3.63, 3.8) is 0 Å². The van der Waals surface area contributed by atoms with Gasteiger partial charge in [-0.1, -0.05) is 152 Å². The highest BCUT2D eigenvalue weighted by molar-refractivity contribution is 5.98. The van der Waals surface area contributed by atoms with Gasteiger partial charge in [0.15, 0.2) is 0 Å². The Morgan fingerprint density at radius 2 is 1.20 bits per heavy atom. The van der Waals surface area contributed by atoms with Crippen molar-refractivity contribution in [1.29, 1.82) is 0 Å². The first-order chi connectivity index (χ1) is 32.9. The van der Waals surface area contributed by atoms with E-state index < -0.39 is 12.7 Å². The minimum Gasteiger partial charge on any atom is -0.507 e. The van der Waals surface area contributed by atoms with Gasteiger partial charge in [-0.3, -0.25) is 9.55 Å². The number of nitrogens with zero attached hydrogens (tertiary/aromatic N) is 3. The Bertz CT molecular complexity index is 3400. The molecule has 0 aliphatic heterocycles. The highest BCUT2D eigenvalue weighted by Crippen LogP contribution is 2.42. The van der Waals surface area contributed by atoms with Gasteiger partial charge < -0.3 is 5.11 Å². The first-order valence-corrected chi connectivity index (χ1v) is 22.9.